The lowest BCUT2D eigenvalue weighted by Gasteiger charge is -2.30. The van der Waals surface area contributed by atoms with Crippen LogP contribution in [0.5, 0.6) is 0 Å². The molecule has 3 aromatic rings. The van der Waals surface area contributed by atoms with E-state index in [1.165, 1.54) is 0 Å². The molecule has 212 valence electrons. The Morgan fingerprint density at radius 1 is 1.17 bits per heavy atom. The third kappa shape index (κ3) is 6.41. The molecule has 0 aliphatic carbocycles. The fourth-order valence-corrected chi connectivity index (χ4v) is 5.35. The van der Waals surface area contributed by atoms with Crippen molar-refractivity contribution in [1.29, 1.82) is 0 Å². The Hall–Kier alpha value is -4.22. The first-order chi connectivity index (χ1) is 19.8. The highest BCUT2D eigenvalue weighted by Gasteiger charge is 2.28. The number of nitrogens with two attached hydrogens (primary N) is 1. The van der Waals surface area contributed by atoms with E-state index in [0.29, 0.717) is 54.3 Å². The van der Waals surface area contributed by atoms with Crippen molar-refractivity contribution in [3.8, 4) is 12.3 Å². The zero-order valence-electron chi connectivity index (χ0n) is 23.8. The number of thiol groups is 1. The van der Waals surface area contributed by atoms with E-state index in [-0.39, 0.29) is 11.8 Å². The van der Waals surface area contributed by atoms with Crippen molar-refractivity contribution >= 4 is 41.5 Å². The van der Waals surface area contributed by atoms with Crippen molar-refractivity contribution in [3.05, 3.63) is 89.3 Å². The number of terminal acetylenes is 1. The number of benzene rings is 2. The number of amides is 2. The van der Waals surface area contributed by atoms with Crippen molar-refractivity contribution in [2.75, 3.05) is 30.3 Å². The van der Waals surface area contributed by atoms with E-state index in [2.05, 4.69) is 25.1 Å². The van der Waals surface area contributed by atoms with Gasteiger partial charge >= 0.3 is 0 Å². The number of nitrogens with zero attached hydrogens (tertiary/aromatic N) is 4. The minimum atomic E-state index is -0.176. The lowest BCUT2D eigenvalue weighted by molar-refractivity contribution is 0.0759. The first-order valence-electron chi connectivity index (χ1n) is 14.0. The SMILES string of the molecule is C#CCCN(CCC)C(=O)c1ccc2c(c1)CCCN2C(=O)c1cc(CC)n(/C(=C\C=C)c2ccc(N)c(S)c2)n1. The Morgan fingerprint density at radius 3 is 2.63 bits per heavy atom. The molecule has 41 heavy (non-hydrogen) atoms. The van der Waals surface area contributed by atoms with Gasteiger partial charge in [0.1, 0.15) is 0 Å². The molecule has 0 fully saturated rings. The maximum absolute atomic E-state index is 13.9. The highest BCUT2D eigenvalue weighted by molar-refractivity contribution is 7.80. The monoisotopic (exact) mass is 567 g/mol. The van der Waals surface area contributed by atoms with Gasteiger partial charge in [-0.15, -0.1) is 25.0 Å². The summed E-state index contributed by atoms with van der Waals surface area (Å²) in [6, 6.07) is 13.0. The molecule has 2 heterocycles. The molecule has 8 heteroatoms. The van der Waals surface area contributed by atoms with E-state index in [1.54, 1.807) is 26.6 Å². The summed E-state index contributed by atoms with van der Waals surface area (Å²) in [5, 5.41) is 4.77. The number of rotatable bonds is 10. The van der Waals surface area contributed by atoms with Gasteiger partial charge in [0.05, 0.1) is 5.70 Å². The number of carbonyl (C=O) groups excluding carboxylic acids is 2. The van der Waals surface area contributed by atoms with Crippen LogP contribution in [0.2, 0.25) is 0 Å². The van der Waals surface area contributed by atoms with Gasteiger partial charge in [-0.05, 0) is 73.7 Å². The van der Waals surface area contributed by atoms with Crippen LogP contribution in [-0.4, -0.2) is 46.1 Å². The van der Waals surface area contributed by atoms with Crippen LogP contribution in [0.15, 0.2) is 66.1 Å². The van der Waals surface area contributed by atoms with Crippen LogP contribution in [0.25, 0.3) is 5.70 Å². The molecule has 2 amide bonds. The summed E-state index contributed by atoms with van der Waals surface area (Å²) in [4.78, 5) is 31.4. The number of allylic oxidation sites excluding steroid dienone is 2. The Morgan fingerprint density at radius 2 is 1.95 bits per heavy atom. The molecule has 2 N–H and O–H groups in total. The summed E-state index contributed by atoms with van der Waals surface area (Å²) >= 11 is 4.48. The highest BCUT2D eigenvalue weighted by atomic mass is 32.1. The normalized spacial score (nSPS) is 12.9. The number of aryl methyl sites for hydroxylation is 2. The van der Waals surface area contributed by atoms with Gasteiger partial charge in [-0.25, -0.2) is 4.68 Å². The quantitative estimate of drug-likeness (QED) is 0.139. The van der Waals surface area contributed by atoms with Crippen molar-refractivity contribution < 1.29 is 9.59 Å². The van der Waals surface area contributed by atoms with Crippen LogP contribution in [0.1, 0.15) is 70.8 Å². The largest absolute Gasteiger partial charge is 0.398 e. The molecule has 0 saturated heterocycles. The van der Waals surface area contributed by atoms with Gasteiger partial charge < -0.3 is 15.5 Å². The molecule has 7 nitrogen and oxygen atoms in total. The maximum atomic E-state index is 13.9. The molecule has 0 saturated carbocycles. The highest BCUT2D eigenvalue weighted by Crippen LogP contribution is 2.31. The van der Waals surface area contributed by atoms with E-state index in [9.17, 15) is 9.59 Å². The van der Waals surface area contributed by atoms with E-state index in [0.717, 1.165) is 47.5 Å². The number of aromatic nitrogens is 2. The molecule has 1 aliphatic heterocycles. The lowest BCUT2D eigenvalue weighted by atomic mass is 9.98. The van der Waals surface area contributed by atoms with Crippen LogP contribution in [0.4, 0.5) is 11.4 Å². The second-order valence-electron chi connectivity index (χ2n) is 10.00. The van der Waals surface area contributed by atoms with Crippen LogP contribution >= 0.6 is 12.6 Å². The van der Waals surface area contributed by atoms with E-state index < -0.39 is 0 Å². The van der Waals surface area contributed by atoms with Crippen molar-refractivity contribution in [3.63, 3.8) is 0 Å². The molecule has 1 aromatic heterocycles. The fraction of sp³-hybridized carbons (Fsp3) is 0.303. The third-order valence-electron chi connectivity index (χ3n) is 7.19. The van der Waals surface area contributed by atoms with Crippen LogP contribution in [0.3, 0.4) is 0 Å². The van der Waals surface area contributed by atoms with Gasteiger partial charge in [0.25, 0.3) is 11.8 Å². The Kier molecular flexibility index (Phi) is 9.74. The summed E-state index contributed by atoms with van der Waals surface area (Å²) in [5.74, 6) is 2.41. The van der Waals surface area contributed by atoms with Crippen LogP contribution < -0.4 is 10.6 Å². The molecule has 0 unspecified atom stereocenters. The lowest BCUT2D eigenvalue weighted by Crippen LogP contribution is -2.36. The van der Waals surface area contributed by atoms with Crippen molar-refractivity contribution in [2.24, 2.45) is 0 Å². The van der Waals surface area contributed by atoms with Gasteiger partial charge in [0.15, 0.2) is 5.69 Å². The predicted molar refractivity (Wildman–Crippen MR) is 169 cm³/mol. The third-order valence-corrected chi connectivity index (χ3v) is 7.58. The zero-order chi connectivity index (χ0) is 29.5. The summed E-state index contributed by atoms with van der Waals surface area (Å²) in [6.45, 7) is 9.70. The Labute approximate surface area is 248 Å². The summed E-state index contributed by atoms with van der Waals surface area (Å²) < 4.78 is 1.79. The van der Waals surface area contributed by atoms with Gasteiger partial charge in [-0.3, -0.25) is 9.59 Å². The van der Waals surface area contributed by atoms with Crippen molar-refractivity contribution in [1.82, 2.24) is 14.7 Å². The van der Waals surface area contributed by atoms with E-state index in [4.69, 9.17) is 17.3 Å². The summed E-state index contributed by atoms with van der Waals surface area (Å²) in [7, 11) is 0. The van der Waals surface area contributed by atoms with Gasteiger partial charge in [-0.2, -0.15) is 5.10 Å². The first kappa shape index (κ1) is 29.8. The molecule has 0 bridgehead atoms. The molecule has 1 aliphatic rings. The minimum absolute atomic E-state index is 0.0340. The summed E-state index contributed by atoms with van der Waals surface area (Å²) in [5.41, 5.74) is 11.9. The average molecular weight is 568 g/mol. The van der Waals surface area contributed by atoms with E-state index >= 15 is 0 Å². The first-order valence-corrected chi connectivity index (χ1v) is 14.5. The van der Waals surface area contributed by atoms with Gasteiger partial charge in [0, 0.05) is 59.1 Å². The molecule has 0 radical (unpaired) electrons. The predicted octanol–water partition coefficient (Wildman–Crippen LogP) is 5.86. The standard InChI is InChI=1S/C33H37N5O2S/c1-5-9-18-36(17-7-3)32(39)25-14-16-29-23(20-25)12-10-19-37(29)33(40)28-22-26(8-4)38(35-28)30(11-6-2)24-13-15-27(34)31(41)21-24/h1,6,11,13-16,20-22,41H,2,7-10,12,17-19,34H2,3-4H3/b30-11-. The molecule has 4 rings (SSSR count). The van der Waals surface area contributed by atoms with Crippen molar-refractivity contribution in [2.45, 2.75) is 50.8 Å². The van der Waals surface area contributed by atoms with Gasteiger partial charge in [0.2, 0.25) is 0 Å². The number of anilines is 2. The average Bonchev–Trinajstić information content (AvgIpc) is 3.42. The second kappa shape index (κ2) is 13.4. The number of nitrogen functional groups attached to an aromatic ring is 1. The summed E-state index contributed by atoms with van der Waals surface area (Å²) in [6.07, 6.45) is 12.6. The van der Waals surface area contributed by atoms with Crippen LogP contribution in [0, 0.1) is 12.3 Å². The minimum Gasteiger partial charge on any atom is -0.398 e. The number of fused-ring (bicyclic) bond motifs is 1. The maximum Gasteiger partial charge on any atom is 0.278 e. The van der Waals surface area contributed by atoms with Crippen LogP contribution in [-0.2, 0) is 12.8 Å². The Bertz CT molecular complexity index is 1530. The van der Waals surface area contributed by atoms with E-state index in [1.807, 2.05) is 56.3 Å². The number of carbonyl (C=O) groups is 2. The number of hydrogen-bond acceptors (Lipinski definition) is 5. The number of hydrogen-bond donors (Lipinski definition) is 2. The zero-order valence-corrected chi connectivity index (χ0v) is 24.7. The fourth-order valence-electron chi connectivity index (χ4n) is 5.13. The Balaban J connectivity index is 1.65. The molecule has 0 atom stereocenters. The molecule has 2 aromatic carbocycles. The second-order valence-corrected chi connectivity index (χ2v) is 10.5. The molecule has 0 spiro atoms. The molecular formula is C33H37N5O2S. The smallest absolute Gasteiger partial charge is 0.278 e. The van der Waals surface area contributed by atoms with Gasteiger partial charge in [-0.1, -0.05) is 32.6 Å². The topological polar surface area (TPSA) is 84.5 Å². The molecular weight excluding hydrogens is 530 g/mol.